The number of carbonyl (C=O) groups excluding carboxylic acids is 1. The minimum Gasteiger partial charge on any atom is -1.00 e. The van der Waals surface area contributed by atoms with Gasteiger partial charge in [-0.05, 0) is 94.8 Å². The molecule has 4 aromatic carbocycles. The fourth-order valence-corrected chi connectivity index (χ4v) is 4.73. The summed E-state index contributed by atoms with van der Waals surface area (Å²) in [5, 5.41) is 27.3. The quantitative estimate of drug-likeness (QED) is 0.0359. The zero-order valence-electron chi connectivity index (χ0n) is 31.2. The molecule has 0 saturated carbocycles. The Balaban J connectivity index is 0.000000846. The predicted molar refractivity (Wildman–Crippen MR) is 201 cm³/mol. The van der Waals surface area contributed by atoms with Crippen molar-refractivity contribution in [1.82, 2.24) is 0 Å². The standard InChI is InChI=1S/C21H22O4.C15H14O2.C3H5ClO.CH2O3.CH4.2K.H/c1-2-3-17-10-16(6-9-21(17)25-14-20-13-24-20)15-4-7-18(8-5-15)22-11-19-12-23-19;1-2-3-13-10-12(6-9-15(13)17)11-4-7-14(16)8-5-11;4-1-3-2-5-3;2-1-4-3;;;;/h2,4-10,19-20H,1,3,11-14H2;2,4-10,16-17H,1,3H2;3H,1-2H2;1,3H;1H4;;;/q;;;;;2*+1;-1/p-1. The van der Waals surface area contributed by atoms with Gasteiger partial charge in [0.05, 0.1) is 31.8 Å². The number of halogens is 1. The van der Waals surface area contributed by atoms with Crippen molar-refractivity contribution in [1.29, 1.82) is 0 Å². The van der Waals surface area contributed by atoms with E-state index in [0.29, 0.717) is 31.6 Å². The number of aromatic hydroxyl groups is 2. The number of rotatable bonds is 14. The van der Waals surface area contributed by atoms with Crippen LogP contribution in [0.5, 0.6) is 23.0 Å². The first kappa shape index (κ1) is 50.5. The Kier molecular flexibility index (Phi) is 26.1. The average molecular weight is 813 g/mol. The van der Waals surface area contributed by atoms with Crippen molar-refractivity contribution in [2.45, 2.75) is 38.6 Å². The number of carbonyl (C=O) groups is 1. The Labute approximate surface area is 409 Å². The molecule has 10 nitrogen and oxygen atoms in total. The summed E-state index contributed by atoms with van der Waals surface area (Å²) in [6.45, 7) is 11.1. The van der Waals surface area contributed by atoms with Crippen molar-refractivity contribution < 1.29 is 153 Å². The van der Waals surface area contributed by atoms with E-state index in [1.807, 2.05) is 48.5 Å². The maximum absolute atomic E-state index is 9.67. The molecule has 3 heterocycles. The van der Waals surface area contributed by atoms with Crippen LogP contribution >= 0.6 is 11.6 Å². The second-order valence-electron chi connectivity index (χ2n) is 11.6. The number of hydrogen-bond donors (Lipinski definition) is 2. The van der Waals surface area contributed by atoms with Crippen LogP contribution in [0.3, 0.4) is 0 Å². The van der Waals surface area contributed by atoms with Gasteiger partial charge in [0, 0.05) is 0 Å². The largest absolute Gasteiger partial charge is 1.00 e. The molecule has 280 valence electrons. The summed E-state index contributed by atoms with van der Waals surface area (Å²) in [4.78, 5) is 11.2. The van der Waals surface area contributed by atoms with E-state index < -0.39 is 0 Å². The second-order valence-corrected chi connectivity index (χ2v) is 11.9. The zero-order chi connectivity index (χ0) is 36.4. The van der Waals surface area contributed by atoms with E-state index in [-0.39, 0.29) is 142 Å². The minimum absolute atomic E-state index is 0. The van der Waals surface area contributed by atoms with Crippen LogP contribution in [0.4, 0.5) is 0 Å². The smallest absolute Gasteiger partial charge is 1.00 e. The Morgan fingerprint density at radius 3 is 1.63 bits per heavy atom. The number of allylic oxidation sites excluding steroid dienone is 2. The van der Waals surface area contributed by atoms with Crippen LogP contribution in [0.25, 0.3) is 22.3 Å². The third-order valence-corrected chi connectivity index (χ3v) is 7.88. The molecule has 7 rings (SSSR count). The number of alkyl halides is 1. The van der Waals surface area contributed by atoms with E-state index in [4.69, 9.17) is 45.3 Å². The molecule has 3 aliphatic heterocycles. The number of hydrogen-bond acceptors (Lipinski definition) is 10. The van der Waals surface area contributed by atoms with Crippen LogP contribution in [0.1, 0.15) is 20.0 Å². The SMILES string of the molecule is C.C=CCc1cc(-c2ccc(O)cc2)ccc1O.C=CCc1cc(-c2ccc(OCC3CO3)cc2)ccc1OCC1CO1.ClCC1CO1.O=CO[O-].[H-].[K+].[K+]. The molecule has 0 bridgehead atoms. The summed E-state index contributed by atoms with van der Waals surface area (Å²) < 4.78 is 26.7. The van der Waals surface area contributed by atoms with Crippen molar-refractivity contribution in [3.8, 4) is 45.3 Å². The topological polar surface area (TPSA) is 146 Å². The molecule has 3 unspecified atom stereocenters. The molecule has 0 spiro atoms. The van der Waals surface area contributed by atoms with E-state index >= 15 is 0 Å². The van der Waals surface area contributed by atoms with Gasteiger partial charge in [-0.25, -0.2) is 0 Å². The number of phenolic OH excluding ortho intramolecular Hbond substituents is 2. The molecule has 0 aromatic heterocycles. The van der Waals surface area contributed by atoms with Crippen molar-refractivity contribution in [3.63, 3.8) is 0 Å². The van der Waals surface area contributed by atoms with Gasteiger partial charge in [0.15, 0.2) is 0 Å². The van der Waals surface area contributed by atoms with Crippen LogP contribution in [-0.2, 0) is 36.7 Å². The van der Waals surface area contributed by atoms with E-state index in [1.165, 1.54) is 0 Å². The molecular formula is C41H47ClK2O10. The first-order valence-corrected chi connectivity index (χ1v) is 16.9. The fourth-order valence-electron chi connectivity index (χ4n) is 4.55. The average Bonchev–Trinajstić information content (AvgIpc) is 4.00. The number of phenols is 2. The van der Waals surface area contributed by atoms with Crippen molar-refractivity contribution in [2.24, 2.45) is 0 Å². The molecule has 3 atom stereocenters. The number of ether oxygens (including phenoxy) is 5. The molecule has 0 radical (unpaired) electrons. The summed E-state index contributed by atoms with van der Waals surface area (Å²) >= 11 is 5.27. The van der Waals surface area contributed by atoms with Gasteiger partial charge in [-0.2, -0.15) is 0 Å². The molecule has 4 aromatic rings. The van der Waals surface area contributed by atoms with Gasteiger partial charge in [0.1, 0.15) is 48.4 Å². The van der Waals surface area contributed by atoms with Crippen molar-refractivity contribution >= 4 is 18.1 Å². The van der Waals surface area contributed by atoms with Crippen LogP contribution in [-0.4, -0.2) is 73.9 Å². The zero-order valence-corrected chi connectivity index (χ0v) is 37.2. The minimum atomic E-state index is -0.181. The van der Waals surface area contributed by atoms with Crippen molar-refractivity contribution in [2.75, 3.05) is 38.9 Å². The van der Waals surface area contributed by atoms with Crippen LogP contribution in [0.15, 0.2) is 110 Å². The van der Waals surface area contributed by atoms with Gasteiger partial charge in [0.2, 0.25) is 0 Å². The Morgan fingerprint density at radius 1 is 0.722 bits per heavy atom. The Morgan fingerprint density at radius 2 is 1.17 bits per heavy atom. The van der Waals surface area contributed by atoms with Gasteiger partial charge < -0.3 is 45.5 Å². The normalized spacial score (nSPS) is 16.4. The summed E-state index contributed by atoms with van der Waals surface area (Å²) in [7, 11) is 0. The summed E-state index contributed by atoms with van der Waals surface area (Å²) in [6.07, 6.45) is 6.00. The maximum atomic E-state index is 9.67. The second kappa shape index (κ2) is 27.9. The molecule has 3 saturated heterocycles. The summed E-state index contributed by atoms with van der Waals surface area (Å²) in [5.74, 6) is 2.98. The molecule has 0 amide bonds. The van der Waals surface area contributed by atoms with E-state index in [0.717, 1.165) is 71.1 Å². The molecule has 13 heteroatoms. The van der Waals surface area contributed by atoms with Crippen molar-refractivity contribution in [3.05, 3.63) is 121 Å². The molecule has 3 fully saturated rings. The van der Waals surface area contributed by atoms with E-state index in [1.54, 1.807) is 24.3 Å². The molecule has 0 aliphatic carbocycles. The van der Waals surface area contributed by atoms with Gasteiger partial charge in [-0.15, -0.1) is 24.8 Å². The Hall–Kier alpha value is -1.57. The summed E-state index contributed by atoms with van der Waals surface area (Å²) in [6, 6.07) is 26.9. The number of epoxide rings is 3. The van der Waals surface area contributed by atoms with E-state index in [9.17, 15) is 10.2 Å². The Bertz CT molecular complexity index is 1680. The molecule has 54 heavy (non-hydrogen) atoms. The third kappa shape index (κ3) is 19.0. The first-order valence-electron chi connectivity index (χ1n) is 16.3. The van der Waals surface area contributed by atoms with Gasteiger partial charge >= 0.3 is 103 Å². The van der Waals surface area contributed by atoms with Crippen LogP contribution in [0.2, 0.25) is 0 Å². The molecular weight excluding hydrogens is 766 g/mol. The predicted octanol–water partition coefficient (Wildman–Crippen LogP) is 0.946. The summed E-state index contributed by atoms with van der Waals surface area (Å²) in [5.41, 5.74) is 6.32. The number of benzene rings is 4. The van der Waals surface area contributed by atoms with Gasteiger partial charge in [-0.3, -0.25) is 4.79 Å². The molecule has 2 N–H and O–H groups in total. The third-order valence-electron chi connectivity index (χ3n) is 7.54. The maximum Gasteiger partial charge on any atom is 1.00 e. The molecule has 3 aliphatic rings. The monoisotopic (exact) mass is 812 g/mol. The van der Waals surface area contributed by atoms with Crippen LogP contribution < -0.4 is 118 Å². The van der Waals surface area contributed by atoms with Crippen LogP contribution in [0, 0.1) is 0 Å². The first-order chi connectivity index (χ1) is 24.9. The van der Waals surface area contributed by atoms with Gasteiger partial charge in [0.25, 0.3) is 6.47 Å². The van der Waals surface area contributed by atoms with Gasteiger partial charge in [-0.1, -0.05) is 56.0 Å². The fraction of sp³-hybridized carbons (Fsp3) is 0.293. The van der Waals surface area contributed by atoms with E-state index in [2.05, 4.69) is 42.3 Å².